The first-order valence-electron chi connectivity index (χ1n) is 4.44. The Morgan fingerprint density at radius 2 is 2.36 bits per heavy atom. The van der Waals surface area contributed by atoms with Crippen molar-refractivity contribution in [2.24, 2.45) is 5.73 Å². The average molecular weight is 193 g/mol. The van der Waals surface area contributed by atoms with Crippen LogP contribution in [0.25, 0.3) is 11.5 Å². The van der Waals surface area contributed by atoms with E-state index in [0.29, 0.717) is 11.7 Å². The van der Waals surface area contributed by atoms with E-state index >= 15 is 0 Å². The first-order chi connectivity index (χ1) is 6.85. The van der Waals surface area contributed by atoms with Gasteiger partial charge in [0, 0.05) is 6.42 Å². The van der Waals surface area contributed by atoms with Gasteiger partial charge in [0.2, 0.25) is 0 Å². The molecule has 0 amide bonds. The Hall–Kier alpha value is -1.62. The summed E-state index contributed by atoms with van der Waals surface area (Å²) in [6.07, 6.45) is 2.41. The van der Waals surface area contributed by atoms with E-state index in [1.165, 1.54) is 0 Å². The summed E-state index contributed by atoms with van der Waals surface area (Å²) in [4.78, 5) is 4.12. The highest BCUT2D eigenvalue weighted by atomic mass is 16.5. The molecule has 5 heteroatoms. The van der Waals surface area contributed by atoms with E-state index in [0.717, 1.165) is 17.7 Å². The van der Waals surface area contributed by atoms with Gasteiger partial charge in [-0.25, -0.2) is 0 Å². The molecular weight excluding hydrogens is 182 g/mol. The Balaban J connectivity index is 2.38. The zero-order valence-corrected chi connectivity index (χ0v) is 7.86. The zero-order valence-electron chi connectivity index (χ0n) is 7.86. The molecule has 0 spiro atoms. The van der Waals surface area contributed by atoms with Crippen LogP contribution in [0.5, 0.6) is 0 Å². The number of nitrogens with zero attached hydrogens (tertiary/aromatic N) is 2. The standard InChI is InChI=1S/C9H11N3O2/c1-2-7-6(3-4-13-7)9-11-8(5-10)12-14-9/h3-4H,2,5,10H2,1H3. The minimum Gasteiger partial charge on any atom is -0.469 e. The molecule has 0 saturated carbocycles. The van der Waals surface area contributed by atoms with E-state index < -0.39 is 0 Å². The molecule has 2 N–H and O–H groups in total. The summed E-state index contributed by atoms with van der Waals surface area (Å²) < 4.78 is 10.3. The lowest BCUT2D eigenvalue weighted by Gasteiger charge is -1.91. The number of hydrogen-bond donors (Lipinski definition) is 1. The van der Waals surface area contributed by atoms with E-state index in [1.807, 2.05) is 13.0 Å². The molecular formula is C9H11N3O2. The van der Waals surface area contributed by atoms with E-state index in [9.17, 15) is 0 Å². The normalized spacial score (nSPS) is 10.7. The second-order valence-electron chi connectivity index (χ2n) is 2.83. The molecule has 0 atom stereocenters. The lowest BCUT2D eigenvalue weighted by molar-refractivity contribution is 0.421. The van der Waals surface area contributed by atoms with Crippen molar-refractivity contribution in [2.45, 2.75) is 19.9 Å². The Labute approximate surface area is 80.9 Å². The van der Waals surface area contributed by atoms with Gasteiger partial charge in [-0.15, -0.1) is 0 Å². The third kappa shape index (κ3) is 1.42. The van der Waals surface area contributed by atoms with Crippen molar-refractivity contribution >= 4 is 0 Å². The smallest absolute Gasteiger partial charge is 0.261 e. The minimum atomic E-state index is 0.281. The van der Waals surface area contributed by atoms with Crippen LogP contribution in [0.2, 0.25) is 0 Å². The number of hydrogen-bond acceptors (Lipinski definition) is 5. The molecule has 74 valence electrons. The van der Waals surface area contributed by atoms with Crippen LogP contribution >= 0.6 is 0 Å². The molecule has 0 saturated heterocycles. The molecule has 5 nitrogen and oxygen atoms in total. The van der Waals surface area contributed by atoms with Gasteiger partial charge in [-0.3, -0.25) is 0 Å². The van der Waals surface area contributed by atoms with E-state index in [2.05, 4.69) is 10.1 Å². The Morgan fingerprint density at radius 3 is 3.00 bits per heavy atom. The molecule has 0 aliphatic heterocycles. The van der Waals surface area contributed by atoms with Crippen LogP contribution in [0.4, 0.5) is 0 Å². The van der Waals surface area contributed by atoms with Crippen LogP contribution < -0.4 is 5.73 Å². The SMILES string of the molecule is CCc1occc1-c1nc(CN)no1. The third-order valence-corrected chi connectivity index (χ3v) is 1.95. The van der Waals surface area contributed by atoms with Crippen molar-refractivity contribution in [2.75, 3.05) is 0 Å². The second-order valence-corrected chi connectivity index (χ2v) is 2.83. The van der Waals surface area contributed by atoms with E-state index in [-0.39, 0.29) is 6.54 Å². The van der Waals surface area contributed by atoms with Crippen LogP contribution in [0, 0.1) is 0 Å². The summed E-state index contributed by atoms with van der Waals surface area (Å²) >= 11 is 0. The summed E-state index contributed by atoms with van der Waals surface area (Å²) in [6, 6.07) is 1.81. The van der Waals surface area contributed by atoms with Crippen LogP contribution in [-0.4, -0.2) is 10.1 Å². The fraction of sp³-hybridized carbons (Fsp3) is 0.333. The lowest BCUT2D eigenvalue weighted by Crippen LogP contribution is -1.97. The fourth-order valence-corrected chi connectivity index (χ4v) is 1.25. The van der Waals surface area contributed by atoms with Crippen molar-refractivity contribution < 1.29 is 8.94 Å². The molecule has 0 bridgehead atoms. The van der Waals surface area contributed by atoms with Crippen molar-refractivity contribution in [3.8, 4) is 11.5 Å². The highest BCUT2D eigenvalue weighted by molar-refractivity contribution is 5.55. The predicted octanol–water partition coefficient (Wildman–Crippen LogP) is 1.35. The second kappa shape index (κ2) is 3.63. The maximum atomic E-state index is 5.38. The number of nitrogens with two attached hydrogens (primary N) is 1. The topological polar surface area (TPSA) is 78.1 Å². The molecule has 0 aliphatic carbocycles. The monoisotopic (exact) mass is 193 g/mol. The maximum Gasteiger partial charge on any atom is 0.261 e. The Bertz CT molecular complexity index is 419. The van der Waals surface area contributed by atoms with Crippen molar-refractivity contribution in [3.05, 3.63) is 23.9 Å². The summed E-state index contributed by atoms with van der Waals surface area (Å²) in [6.45, 7) is 2.28. The Morgan fingerprint density at radius 1 is 1.50 bits per heavy atom. The number of rotatable bonds is 3. The van der Waals surface area contributed by atoms with Gasteiger partial charge >= 0.3 is 0 Å². The fourth-order valence-electron chi connectivity index (χ4n) is 1.25. The van der Waals surface area contributed by atoms with E-state index in [1.54, 1.807) is 6.26 Å². The first-order valence-corrected chi connectivity index (χ1v) is 4.44. The van der Waals surface area contributed by atoms with Gasteiger partial charge in [0.15, 0.2) is 5.82 Å². The molecule has 2 aromatic rings. The van der Waals surface area contributed by atoms with Crippen LogP contribution in [0.1, 0.15) is 18.5 Å². The van der Waals surface area contributed by atoms with Crippen LogP contribution in [-0.2, 0) is 13.0 Å². The quantitative estimate of drug-likeness (QED) is 0.796. The summed E-state index contributed by atoms with van der Waals surface area (Å²) in [5.41, 5.74) is 6.23. The molecule has 2 rings (SSSR count). The Kier molecular flexibility index (Phi) is 2.32. The lowest BCUT2D eigenvalue weighted by atomic mass is 10.2. The van der Waals surface area contributed by atoms with Gasteiger partial charge in [-0.2, -0.15) is 4.98 Å². The molecule has 2 heterocycles. The largest absolute Gasteiger partial charge is 0.469 e. The van der Waals surface area contributed by atoms with Crippen molar-refractivity contribution in [3.63, 3.8) is 0 Å². The van der Waals surface area contributed by atoms with Gasteiger partial charge in [0.1, 0.15) is 5.76 Å². The van der Waals surface area contributed by atoms with Crippen molar-refractivity contribution in [1.29, 1.82) is 0 Å². The first kappa shape index (κ1) is 8.96. The van der Waals surface area contributed by atoms with Gasteiger partial charge in [0.25, 0.3) is 5.89 Å². The average Bonchev–Trinajstić information content (AvgIpc) is 2.85. The molecule has 0 fully saturated rings. The molecule has 14 heavy (non-hydrogen) atoms. The number of aryl methyl sites for hydroxylation is 1. The minimum absolute atomic E-state index is 0.281. The zero-order chi connectivity index (χ0) is 9.97. The van der Waals surface area contributed by atoms with Crippen LogP contribution in [0.15, 0.2) is 21.3 Å². The third-order valence-electron chi connectivity index (χ3n) is 1.95. The van der Waals surface area contributed by atoms with E-state index in [4.69, 9.17) is 14.7 Å². The summed E-state index contributed by atoms with van der Waals surface area (Å²) in [7, 11) is 0. The molecule has 0 aromatic carbocycles. The summed E-state index contributed by atoms with van der Waals surface area (Å²) in [5.74, 6) is 1.82. The molecule has 0 unspecified atom stereocenters. The number of furan rings is 1. The molecule has 0 radical (unpaired) electrons. The highest BCUT2D eigenvalue weighted by Gasteiger charge is 2.13. The number of aromatic nitrogens is 2. The highest BCUT2D eigenvalue weighted by Crippen LogP contribution is 2.23. The predicted molar refractivity (Wildman–Crippen MR) is 49.3 cm³/mol. The van der Waals surface area contributed by atoms with Crippen molar-refractivity contribution in [1.82, 2.24) is 10.1 Å². The maximum absolute atomic E-state index is 5.38. The molecule has 0 aliphatic rings. The molecule has 2 aromatic heterocycles. The van der Waals surface area contributed by atoms with Gasteiger partial charge in [-0.05, 0) is 6.07 Å². The van der Waals surface area contributed by atoms with Gasteiger partial charge < -0.3 is 14.7 Å². The van der Waals surface area contributed by atoms with Gasteiger partial charge in [0.05, 0.1) is 18.4 Å². The van der Waals surface area contributed by atoms with Crippen LogP contribution in [0.3, 0.4) is 0 Å². The summed E-state index contributed by atoms with van der Waals surface area (Å²) in [5, 5.41) is 3.71. The van der Waals surface area contributed by atoms with Gasteiger partial charge in [-0.1, -0.05) is 12.1 Å².